The highest BCUT2D eigenvalue weighted by Crippen LogP contribution is 2.41. The zero-order chi connectivity index (χ0) is 16.9. The van der Waals surface area contributed by atoms with Gasteiger partial charge in [-0.15, -0.1) is 0 Å². The van der Waals surface area contributed by atoms with Crippen LogP contribution in [0, 0.1) is 17.8 Å². The fourth-order valence-electron chi connectivity index (χ4n) is 4.29. The summed E-state index contributed by atoms with van der Waals surface area (Å²) in [5, 5.41) is 3.48. The summed E-state index contributed by atoms with van der Waals surface area (Å²) < 4.78 is 4.87. The Morgan fingerprint density at radius 3 is 3.00 bits per heavy atom. The summed E-state index contributed by atoms with van der Waals surface area (Å²) in [6, 6.07) is 7.61. The molecule has 0 amide bonds. The highest BCUT2D eigenvalue weighted by Gasteiger charge is 2.30. The van der Waals surface area contributed by atoms with Crippen LogP contribution >= 0.6 is 0 Å². The second-order valence-electron chi connectivity index (χ2n) is 7.34. The van der Waals surface area contributed by atoms with Crippen molar-refractivity contribution in [1.82, 2.24) is 0 Å². The van der Waals surface area contributed by atoms with E-state index in [4.69, 9.17) is 4.74 Å². The van der Waals surface area contributed by atoms with Crippen molar-refractivity contribution in [2.75, 3.05) is 19.0 Å². The quantitative estimate of drug-likeness (QED) is 0.607. The third-order valence-corrected chi connectivity index (χ3v) is 5.83. The molecule has 24 heavy (non-hydrogen) atoms. The Bertz CT molecular complexity index is 608. The lowest BCUT2D eigenvalue weighted by atomic mass is 9.70. The number of nitrogens with one attached hydrogen (secondary N) is 1. The van der Waals surface area contributed by atoms with Crippen LogP contribution in [0.25, 0.3) is 0 Å². The van der Waals surface area contributed by atoms with Crippen molar-refractivity contribution in [3.63, 3.8) is 0 Å². The molecule has 3 rings (SSSR count). The van der Waals surface area contributed by atoms with E-state index < -0.39 is 0 Å². The summed E-state index contributed by atoms with van der Waals surface area (Å²) >= 11 is 0. The minimum atomic E-state index is -0.277. The first-order valence-electron chi connectivity index (χ1n) is 9.29. The predicted octanol–water partition coefficient (Wildman–Crippen LogP) is 5.05. The topological polar surface area (TPSA) is 38.3 Å². The lowest BCUT2D eigenvalue weighted by Crippen LogP contribution is -2.28. The summed E-state index contributed by atoms with van der Waals surface area (Å²) in [4.78, 5) is 11.9. The Labute approximate surface area is 145 Å². The Morgan fingerprint density at radius 1 is 1.33 bits per heavy atom. The van der Waals surface area contributed by atoms with Gasteiger partial charge in [0.1, 0.15) is 0 Å². The summed E-state index contributed by atoms with van der Waals surface area (Å²) in [6.45, 7) is 3.25. The SMILES string of the molecule is COC(=O)c1ccccc1NCC(C)C1CCC2=CCCCC2C1. The molecule has 3 nitrogen and oxygen atoms in total. The van der Waals surface area contributed by atoms with Crippen LogP contribution in [0.1, 0.15) is 55.8 Å². The molecule has 2 aliphatic carbocycles. The molecule has 3 unspecified atom stereocenters. The van der Waals surface area contributed by atoms with E-state index >= 15 is 0 Å². The van der Waals surface area contributed by atoms with E-state index in [1.54, 1.807) is 5.57 Å². The molecule has 1 fully saturated rings. The molecule has 0 saturated heterocycles. The van der Waals surface area contributed by atoms with Crippen LogP contribution in [0.3, 0.4) is 0 Å². The number of hydrogen-bond donors (Lipinski definition) is 1. The van der Waals surface area contributed by atoms with Crippen molar-refractivity contribution in [2.45, 2.75) is 45.4 Å². The van der Waals surface area contributed by atoms with Crippen LogP contribution < -0.4 is 5.32 Å². The van der Waals surface area contributed by atoms with E-state index in [2.05, 4.69) is 18.3 Å². The molecular weight excluding hydrogens is 298 g/mol. The van der Waals surface area contributed by atoms with Gasteiger partial charge in [0.25, 0.3) is 0 Å². The maximum Gasteiger partial charge on any atom is 0.339 e. The third kappa shape index (κ3) is 3.82. The molecule has 1 saturated carbocycles. The van der Waals surface area contributed by atoms with Crippen LogP contribution in [0.5, 0.6) is 0 Å². The van der Waals surface area contributed by atoms with E-state index in [1.807, 2.05) is 24.3 Å². The Hall–Kier alpha value is -1.77. The summed E-state index contributed by atoms with van der Waals surface area (Å²) in [5.41, 5.74) is 3.23. The summed E-state index contributed by atoms with van der Waals surface area (Å²) in [6.07, 6.45) is 10.5. The maximum absolute atomic E-state index is 11.9. The molecule has 0 aliphatic heterocycles. The van der Waals surface area contributed by atoms with Gasteiger partial charge in [-0.2, -0.15) is 0 Å². The van der Waals surface area contributed by atoms with Crippen molar-refractivity contribution in [3.8, 4) is 0 Å². The maximum atomic E-state index is 11.9. The number of ether oxygens (including phenoxy) is 1. The second kappa shape index (κ2) is 7.87. The average Bonchev–Trinajstić information content (AvgIpc) is 2.65. The first kappa shape index (κ1) is 17.1. The molecule has 1 N–H and O–H groups in total. The van der Waals surface area contributed by atoms with Crippen molar-refractivity contribution in [1.29, 1.82) is 0 Å². The fraction of sp³-hybridized carbons (Fsp3) is 0.571. The van der Waals surface area contributed by atoms with Crippen molar-refractivity contribution >= 4 is 11.7 Å². The predicted molar refractivity (Wildman–Crippen MR) is 98.2 cm³/mol. The zero-order valence-electron chi connectivity index (χ0n) is 14.9. The van der Waals surface area contributed by atoms with Crippen molar-refractivity contribution in [2.24, 2.45) is 17.8 Å². The van der Waals surface area contributed by atoms with E-state index in [1.165, 1.54) is 45.6 Å². The van der Waals surface area contributed by atoms with E-state index in [0.29, 0.717) is 11.5 Å². The number of para-hydroxylation sites is 1. The number of fused-ring (bicyclic) bond motifs is 1. The molecule has 0 spiro atoms. The molecule has 3 atom stereocenters. The van der Waals surface area contributed by atoms with Gasteiger partial charge in [-0.3, -0.25) is 0 Å². The number of carbonyl (C=O) groups excluding carboxylic acids is 1. The minimum Gasteiger partial charge on any atom is -0.465 e. The molecule has 130 valence electrons. The van der Waals surface area contributed by atoms with Gasteiger partial charge in [-0.1, -0.05) is 30.7 Å². The van der Waals surface area contributed by atoms with Crippen molar-refractivity contribution < 1.29 is 9.53 Å². The molecular formula is C21H29NO2. The first-order chi connectivity index (χ1) is 11.7. The van der Waals surface area contributed by atoms with E-state index in [-0.39, 0.29) is 5.97 Å². The fourth-order valence-corrected chi connectivity index (χ4v) is 4.29. The third-order valence-electron chi connectivity index (χ3n) is 5.83. The van der Waals surface area contributed by atoms with Gasteiger partial charge in [0.2, 0.25) is 0 Å². The molecule has 1 aromatic carbocycles. The molecule has 1 aromatic rings. The lowest BCUT2D eigenvalue weighted by Gasteiger charge is -2.37. The molecule has 2 aliphatic rings. The molecule has 0 heterocycles. The summed E-state index contributed by atoms with van der Waals surface area (Å²) in [5.74, 6) is 1.95. The number of benzene rings is 1. The first-order valence-corrected chi connectivity index (χ1v) is 9.29. The zero-order valence-corrected chi connectivity index (χ0v) is 14.9. The number of allylic oxidation sites excluding steroid dienone is 2. The average molecular weight is 327 g/mol. The number of hydrogen-bond acceptors (Lipinski definition) is 3. The normalized spacial score (nSPS) is 24.5. The van der Waals surface area contributed by atoms with Gasteiger partial charge in [-0.25, -0.2) is 4.79 Å². The number of carbonyl (C=O) groups is 1. The standard InChI is InChI=1S/C21H29NO2/c1-15(17-12-11-16-7-3-4-8-18(16)13-17)14-22-20-10-6-5-9-19(20)21(23)24-2/h5-7,9-10,15,17-18,22H,3-4,8,11-14H2,1-2H3. The van der Waals surface area contributed by atoms with Gasteiger partial charge in [0.05, 0.1) is 12.7 Å². The Morgan fingerprint density at radius 2 is 2.17 bits per heavy atom. The van der Waals surface area contributed by atoms with Crippen LogP contribution in [0.4, 0.5) is 5.69 Å². The minimum absolute atomic E-state index is 0.277. The van der Waals surface area contributed by atoms with Crippen molar-refractivity contribution in [3.05, 3.63) is 41.5 Å². The van der Waals surface area contributed by atoms with E-state index in [9.17, 15) is 4.79 Å². The van der Waals surface area contributed by atoms with Crippen LogP contribution in [-0.2, 0) is 4.74 Å². The monoisotopic (exact) mass is 327 g/mol. The Balaban J connectivity index is 1.58. The smallest absolute Gasteiger partial charge is 0.339 e. The number of anilines is 1. The van der Waals surface area contributed by atoms with Gasteiger partial charge >= 0.3 is 5.97 Å². The molecule has 0 bridgehead atoms. The highest BCUT2D eigenvalue weighted by atomic mass is 16.5. The van der Waals surface area contributed by atoms with Gasteiger partial charge in [-0.05, 0) is 68.4 Å². The van der Waals surface area contributed by atoms with Crippen LogP contribution in [0.2, 0.25) is 0 Å². The van der Waals surface area contributed by atoms with Crippen LogP contribution in [0.15, 0.2) is 35.9 Å². The Kier molecular flexibility index (Phi) is 5.60. The van der Waals surface area contributed by atoms with E-state index in [0.717, 1.165) is 24.1 Å². The number of esters is 1. The molecule has 0 aromatic heterocycles. The number of rotatable bonds is 5. The molecule has 3 heteroatoms. The highest BCUT2D eigenvalue weighted by molar-refractivity contribution is 5.95. The van der Waals surface area contributed by atoms with Gasteiger partial charge < -0.3 is 10.1 Å². The number of methoxy groups -OCH3 is 1. The van der Waals surface area contributed by atoms with Gasteiger partial charge in [0.15, 0.2) is 0 Å². The summed E-state index contributed by atoms with van der Waals surface area (Å²) in [7, 11) is 1.43. The molecule has 0 radical (unpaired) electrons. The van der Waals surface area contributed by atoms with Crippen LogP contribution in [-0.4, -0.2) is 19.6 Å². The largest absolute Gasteiger partial charge is 0.465 e. The van der Waals surface area contributed by atoms with Gasteiger partial charge in [0, 0.05) is 12.2 Å². The second-order valence-corrected chi connectivity index (χ2v) is 7.34. The lowest BCUT2D eigenvalue weighted by molar-refractivity contribution is 0.0602.